The lowest BCUT2D eigenvalue weighted by atomic mass is 10.1. The summed E-state index contributed by atoms with van der Waals surface area (Å²) in [6.07, 6.45) is 1.80. The number of aromatic nitrogens is 2. The Morgan fingerprint density at radius 2 is 2.11 bits per heavy atom. The van der Waals surface area contributed by atoms with E-state index >= 15 is 0 Å². The van der Waals surface area contributed by atoms with Crippen molar-refractivity contribution in [1.82, 2.24) is 9.78 Å². The second-order valence-corrected chi connectivity index (χ2v) is 3.70. The quantitative estimate of drug-likeness (QED) is 0.892. The van der Waals surface area contributed by atoms with Crippen LogP contribution in [0.3, 0.4) is 0 Å². The average molecular weight is 240 g/mol. The summed E-state index contributed by atoms with van der Waals surface area (Å²) in [7, 11) is 0. The SMILES string of the molecule is CCn1ccc(NC(=O)c2ccc(C#N)cc2)n1. The molecule has 2 rings (SSSR count). The highest BCUT2D eigenvalue weighted by Gasteiger charge is 2.07. The third kappa shape index (κ3) is 2.55. The Balaban J connectivity index is 2.09. The van der Waals surface area contributed by atoms with Gasteiger partial charge in [-0.2, -0.15) is 10.4 Å². The Morgan fingerprint density at radius 3 is 2.67 bits per heavy atom. The summed E-state index contributed by atoms with van der Waals surface area (Å²) in [5.41, 5.74) is 1.03. The molecule has 18 heavy (non-hydrogen) atoms. The molecule has 5 heteroatoms. The number of benzene rings is 1. The summed E-state index contributed by atoms with van der Waals surface area (Å²) in [4.78, 5) is 11.9. The lowest BCUT2D eigenvalue weighted by Crippen LogP contribution is -2.12. The lowest BCUT2D eigenvalue weighted by Gasteiger charge is -2.01. The predicted molar refractivity (Wildman–Crippen MR) is 67.0 cm³/mol. The number of nitrogens with one attached hydrogen (secondary N) is 1. The van der Waals surface area contributed by atoms with E-state index in [1.807, 2.05) is 13.0 Å². The van der Waals surface area contributed by atoms with E-state index < -0.39 is 0 Å². The number of hydrogen-bond donors (Lipinski definition) is 1. The smallest absolute Gasteiger partial charge is 0.256 e. The van der Waals surface area contributed by atoms with Gasteiger partial charge in [0.2, 0.25) is 0 Å². The van der Waals surface area contributed by atoms with Gasteiger partial charge < -0.3 is 5.32 Å². The molecule has 0 saturated carbocycles. The number of rotatable bonds is 3. The Kier molecular flexibility index (Phi) is 3.39. The van der Waals surface area contributed by atoms with Crippen molar-refractivity contribution in [1.29, 1.82) is 5.26 Å². The fourth-order valence-electron chi connectivity index (χ4n) is 1.49. The van der Waals surface area contributed by atoms with Gasteiger partial charge >= 0.3 is 0 Å². The monoisotopic (exact) mass is 240 g/mol. The molecule has 0 atom stereocenters. The van der Waals surface area contributed by atoms with E-state index in [1.165, 1.54) is 0 Å². The first-order valence-electron chi connectivity index (χ1n) is 5.58. The molecule has 0 aliphatic rings. The molecule has 2 aromatic rings. The van der Waals surface area contributed by atoms with Crippen molar-refractivity contribution < 1.29 is 4.79 Å². The average Bonchev–Trinajstić information content (AvgIpc) is 2.86. The first-order valence-corrected chi connectivity index (χ1v) is 5.58. The van der Waals surface area contributed by atoms with Crippen LogP contribution in [0.15, 0.2) is 36.5 Å². The highest BCUT2D eigenvalue weighted by Crippen LogP contribution is 2.08. The van der Waals surface area contributed by atoms with Gasteiger partial charge in [0.15, 0.2) is 5.82 Å². The number of aryl methyl sites for hydroxylation is 1. The zero-order chi connectivity index (χ0) is 13.0. The van der Waals surface area contributed by atoms with Gasteiger partial charge in [-0.25, -0.2) is 0 Å². The Hall–Kier alpha value is -2.61. The van der Waals surface area contributed by atoms with Gasteiger partial charge in [0, 0.05) is 24.4 Å². The first kappa shape index (κ1) is 11.9. The molecule has 1 N–H and O–H groups in total. The molecule has 0 radical (unpaired) electrons. The van der Waals surface area contributed by atoms with E-state index in [4.69, 9.17) is 5.26 Å². The fourth-order valence-corrected chi connectivity index (χ4v) is 1.49. The molecule has 1 aromatic carbocycles. The largest absolute Gasteiger partial charge is 0.305 e. The zero-order valence-corrected chi connectivity index (χ0v) is 9.92. The van der Waals surface area contributed by atoms with E-state index in [9.17, 15) is 4.79 Å². The Bertz CT molecular complexity index is 592. The maximum absolute atomic E-state index is 11.9. The van der Waals surface area contributed by atoms with E-state index in [0.717, 1.165) is 6.54 Å². The summed E-state index contributed by atoms with van der Waals surface area (Å²) in [5.74, 6) is 0.284. The summed E-state index contributed by atoms with van der Waals surface area (Å²) in [6.45, 7) is 2.73. The second kappa shape index (κ2) is 5.15. The number of anilines is 1. The Morgan fingerprint density at radius 1 is 1.39 bits per heavy atom. The van der Waals surface area contributed by atoms with Gasteiger partial charge in [-0.05, 0) is 31.2 Å². The van der Waals surface area contributed by atoms with Crippen LogP contribution in [0.25, 0.3) is 0 Å². The highest BCUT2D eigenvalue weighted by molar-refractivity contribution is 6.03. The minimum absolute atomic E-state index is 0.235. The van der Waals surface area contributed by atoms with E-state index in [0.29, 0.717) is 16.9 Å². The van der Waals surface area contributed by atoms with Crippen molar-refractivity contribution in [2.75, 3.05) is 5.32 Å². The van der Waals surface area contributed by atoms with E-state index in [1.54, 1.807) is 41.2 Å². The number of carbonyl (C=O) groups excluding carboxylic acids is 1. The van der Waals surface area contributed by atoms with Crippen LogP contribution < -0.4 is 5.32 Å². The molecular formula is C13H12N4O. The lowest BCUT2D eigenvalue weighted by molar-refractivity contribution is 0.102. The second-order valence-electron chi connectivity index (χ2n) is 3.70. The van der Waals surface area contributed by atoms with Crippen LogP contribution in [0.1, 0.15) is 22.8 Å². The van der Waals surface area contributed by atoms with Crippen molar-refractivity contribution in [3.05, 3.63) is 47.7 Å². The fraction of sp³-hybridized carbons (Fsp3) is 0.154. The summed E-state index contributed by atoms with van der Waals surface area (Å²) in [5, 5.41) is 15.5. The summed E-state index contributed by atoms with van der Waals surface area (Å²) >= 11 is 0. The summed E-state index contributed by atoms with van der Waals surface area (Å²) < 4.78 is 1.73. The number of hydrogen-bond acceptors (Lipinski definition) is 3. The van der Waals surface area contributed by atoms with Gasteiger partial charge in [-0.3, -0.25) is 9.48 Å². The minimum Gasteiger partial charge on any atom is -0.305 e. The van der Waals surface area contributed by atoms with Crippen LogP contribution in [0, 0.1) is 11.3 Å². The molecule has 0 spiro atoms. The van der Waals surface area contributed by atoms with Gasteiger partial charge in [-0.15, -0.1) is 0 Å². The molecule has 0 fully saturated rings. The third-order valence-corrected chi connectivity index (χ3v) is 2.48. The highest BCUT2D eigenvalue weighted by atomic mass is 16.1. The standard InChI is InChI=1S/C13H12N4O/c1-2-17-8-7-12(16-17)15-13(18)11-5-3-10(9-14)4-6-11/h3-8H,2H2,1H3,(H,15,16,18). The maximum atomic E-state index is 11.9. The van der Waals surface area contributed by atoms with Gasteiger partial charge in [0.25, 0.3) is 5.91 Å². The molecule has 5 nitrogen and oxygen atoms in total. The van der Waals surface area contributed by atoms with Crippen LogP contribution in [0.4, 0.5) is 5.82 Å². The van der Waals surface area contributed by atoms with Crippen LogP contribution >= 0.6 is 0 Å². The van der Waals surface area contributed by atoms with Crippen molar-refractivity contribution in [3.63, 3.8) is 0 Å². The topological polar surface area (TPSA) is 70.7 Å². The third-order valence-electron chi connectivity index (χ3n) is 2.48. The number of carbonyl (C=O) groups is 1. The first-order chi connectivity index (χ1) is 8.72. The molecule has 1 heterocycles. The number of nitrogens with zero attached hydrogens (tertiary/aromatic N) is 3. The molecular weight excluding hydrogens is 228 g/mol. The molecule has 0 aliphatic carbocycles. The number of amides is 1. The predicted octanol–water partition coefficient (Wildman–Crippen LogP) is 2.03. The van der Waals surface area contributed by atoms with Crippen molar-refractivity contribution in [2.45, 2.75) is 13.5 Å². The molecule has 0 aliphatic heterocycles. The molecule has 90 valence electrons. The molecule has 1 aromatic heterocycles. The van der Waals surface area contributed by atoms with Gasteiger partial charge in [0.1, 0.15) is 0 Å². The van der Waals surface area contributed by atoms with Crippen LogP contribution in [0.5, 0.6) is 0 Å². The van der Waals surface area contributed by atoms with Crippen molar-refractivity contribution in [2.24, 2.45) is 0 Å². The van der Waals surface area contributed by atoms with E-state index in [2.05, 4.69) is 10.4 Å². The van der Waals surface area contributed by atoms with Crippen LogP contribution in [-0.2, 0) is 6.54 Å². The van der Waals surface area contributed by atoms with Gasteiger partial charge in [0.05, 0.1) is 11.6 Å². The zero-order valence-electron chi connectivity index (χ0n) is 9.92. The van der Waals surface area contributed by atoms with Gasteiger partial charge in [-0.1, -0.05) is 0 Å². The minimum atomic E-state index is -0.235. The normalized spacial score (nSPS) is 9.78. The number of nitriles is 1. The van der Waals surface area contributed by atoms with Crippen LogP contribution in [-0.4, -0.2) is 15.7 Å². The summed E-state index contributed by atoms with van der Waals surface area (Å²) in [6, 6.07) is 10.2. The van der Waals surface area contributed by atoms with Crippen LogP contribution in [0.2, 0.25) is 0 Å². The van der Waals surface area contributed by atoms with Crippen molar-refractivity contribution in [3.8, 4) is 6.07 Å². The van der Waals surface area contributed by atoms with Crippen molar-refractivity contribution >= 4 is 11.7 Å². The molecule has 0 bridgehead atoms. The molecule has 0 unspecified atom stereocenters. The molecule has 0 saturated heterocycles. The van der Waals surface area contributed by atoms with E-state index in [-0.39, 0.29) is 5.91 Å². The Labute approximate surface area is 105 Å². The molecule has 1 amide bonds. The maximum Gasteiger partial charge on any atom is 0.256 e.